The molecule has 1 aromatic rings. The number of aliphatic imine (C=N–C) groups is 1. The lowest BCUT2D eigenvalue weighted by Gasteiger charge is -2.23. The van der Waals surface area contributed by atoms with E-state index >= 15 is 0 Å². The average molecular weight is 269 g/mol. The van der Waals surface area contributed by atoms with Gasteiger partial charge in [-0.3, -0.25) is 4.79 Å². The first-order chi connectivity index (χ1) is 9.66. The average Bonchev–Trinajstić information content (AvgIpc) is 2.79. The summed E-state index contributed by atoms with van der Waals surface area (Å²) in [5.74, 6) is 0.815. The first kappa shape index (κ1) is 12.9. The van der Waals surface area contributed by atoms with E-state index in [0.717, 1.165) is 25.1 Å². The minimum atomic E-state index is -0.139. The van der Waals surface area contributed by atoms with Crippen LogP contribution in [0.5, 0.6) is 0 Å². The Bertz CT molecular complexity index is 604. The molecule has 0 bridgehead atoms. The first-order valence-electron chi connectivity index (χ1n) is 7.00. The van der Waals surface area contributed by atoms with Crippen LogP contribution in [0.3, 0.4) is 0 Å². The van der Waals surface area contributed by atoms with Gasteiger partial charge in [0.05, 0.1) is 0 Å². The van der Waals surface area contributed by atoms with E-state index in [2.05, 4.69) is 40.3 Å². The number of nitrogens with zero attached hydrogens (tertiary/aromatic N) is 2. The maximum Gasteiger partial charge on any atom is 0.248 e. The van der Waals surface area contributed by atoms with Gasteiger partial charge in [0.2, 0.25) is 5.91 Å². The van der Waals surface area contributed by atoms with Crippen molar-refractivity contribution >= 4 is 17.4 Å². The van der Waals surface area contributed by atoms with Gasteiger partial charge in [0, 0.05) is 31.8 Å². The summed E-state index contributed by atoms with van der Waals surface area (Å²) in [6.45, 7) is 2.09. The molecular weight excluding hydrogens is 250 g/mol. The lowest BCUT2D eigenvalue weighted by atomic mass is 10.1. The highest BCUT2D eigenvalue weighted by atomic mass is 16.2. The van der Waals surface area contributed by atoms with Crippen LogP contribution < -0.4 is 10.2 Å². The Morgan fingerprint density at radius 2 is 2.30 bits per heavy atom. The number of allylic oxidation sites excluding steroid dienone is 1. The zero-order valence-corrected chi connectivity index (χ0v) is 11.9. The van der Waals surface area contributed by atoms with Crippen LogP contribution in [0.15, 0.2) is 35.5 Å². The Labute approximate surface area is 119 Å². The lowest BCUT2D eigenvalue weighted by Crippen LogP contribution is -2.46. The van der Waals surface area contributed by atoms with Gasteiger partial charge in [0.15, 0.2) is 0 Å². The molecule has 1 atom stereocenters. The smallest absolute Gasteiger partial charge is 0.248 e. The summed E-state index contributed by atoms with van der Waals surface area (Å²) < 4.78 is 0. The molecule has 0 saturated carbocycles. The second-order valence-corrected chi connectivity index (χ2v) is 5.40. The molecule has 1 amide bonds. The second kappa shape index (κ2) is 5.12. The van der Waals surface area contributed by atoms with E-state index in [1.807, 2.05) is 13.1 Å². The number of amides is 1. The quantitative estimate of drug-likeness (QED) is 0.849. The van der Waals surface area contributed by atoms with E-state index in [4.69, 9.17) is 0 Å². The molecule has 1 N–H and O–H groups in total. The predicted molar refractivity (Wildman–Crippen MR) is 81.0 cm³/mol. The molecule has 4 nitrogen and oxygen atoms in total. The number of amidine groups is 1. The number of carbonyl (C=O) groups is 1. The van der Waals surface area contributed by atoms with Crippen molar-refractivity contribution in [3.63, 3.8) is 0 Å². The number of likely N-dealkylation sites (N-methyl/N-ethyl adjacent to an activating group) is 1. The van der Waals surface area contributed by atoms with Crippen LogP contribution in [0.4, 0.5) is 5.69 Å². The monoisotopic (exact) mass is 269 g/mol. The van der Waals surface area contributed by atoms with E-state index in [1.165, 1.54) is 16.8 Å². The number of benzene rings is 1. The zero-order valence-electron chi connectivity index (χ0n) is 11.9. The fraction of sp³-hybridized carbons (Fsp3) is 0.375. The Morgan fingerprint density at radius 3 is 3.00 bits per heavy atom. The number of aryl methyl sites for hydroxylation is 1. The Balaban J connectivity index is 1.76. The molecule has 4 heteroatoms. The van der Waals surface area contributed by atoms with Crippen LogP contribution >= 0.6 is 0 Å². The lowest BCUT2D eigenvalue weighted by molar-refractivity contribution is -0.120. The number of anilines is 1. The standard InChI is InChI=1S/C16H19N3O/c1-11-6-5-7-12-10-13(19(2)15(11)12)16(20)18-14-8-3-4-9-17-14/h4-7,9,13H,3,8,10H2,1-2H3,(H,17,18,20). The number of nitrogens with one attached hydrogen (secondary N) is 1. The third-order valence-corrected chi connectivity index (χ3v) is 4.01. The minimum absolute atomic E-state index is 0.0390. The SMILES string of the molecule is Cc1cccc2c1N(C)C(C(=O)NC1=NC=CCC1)C2. The van der Waals surface area contributed by atoms with Crippen molar-refractivity contribution in [1.82, 2.24) is 5.32 Å². The summed E-state index contributed by atoms with van der Waals surface area (Å²) in [6.07, 6.45) is 6.29. The van der Waals surface area contributed by atoms with Gasteiger partial charge < -0.3 is 10.2 Å². The van der Waals surface area contributed by atoms with Crippen molar-refractivity contribution in [2.45, 2.75) is 32.2 Å². The molecule has 0 radical (unpaired) electrons. The van der Waals surface area contributed by atoms with Crippen LogP contribution in [0.1, 0.15) is 24.0 Å². The molecule has 20 heavy (non-hydrogen) atoms. The number of para-hydroxylation sites is 1. The summed E-state index contributed by atoms with van der Waals surface area (Å²) >= 11 is 0. The summed E-state index contributed by atoms with van der Waals surface area (Å²) in [6, 6.07) is 6.11. The van der Waals surface area contributed by atoms with Crippen LogP contribution in [-0.2, 0) is 11.2 Å². The van der Waals surface area contributed by atoms with Gasteiger partial charge in [-0.1, -0.05) is 24.3 Å². The van der Waals surface area contributed by atoms with Gasteiger partial charge in [-0.15, -0.1) is 0 Å². The minimum Gasteiger partial charge on any atom is -0.362 e. The van der Waals surface area contributed by atoms with E-state index in [9.17, 15) is 4.79 Å². The highest BCUT2D eigenvalue weighted by molar-refractivity contribution is 6.02. The first-order valence-corrected chi connectivity index (χ1v) is 7.00. The highest BCUT2D eigenvalue weighted by Crippen LogP contribution is 2.33. The molecule has 1 aromatic carbocycles. The normalized spacial score (nSPS) is 20.6. The number of rotatable bonds is 1. The number of hydrogen-bond donors (Lipinski definition) is 1. The van der Waals surface area contributed by atoms with E-state index in [-0.39, 0.29) is 11.9 Å². The Morgan fingerprint density at radius 1 is 1.45 bits per heavy atom. The van der Waals surface area contributed by atoms with E-state index in [1.54, 1.807) is 6.20 Å². The molecule has 0 fully saturated rings. The van der Waals surface area contributed by atoms with E-state index < -0.39 is 0 Å². The van der Waals surface area contributed by atoms with Gasteiger partial charge in [-0.05, 0) is 24.5 Å². The van der Waals surface area contributed by atoms with Crippen LogP contribution in [0.25, 0.3) is 0 Å². The summed E-state index contributed by atoms with van der Waals surface area (Å²) in [5, 5.41) is 2.96. The molecule has 3 rings (SSSR count). The van der Waals surface area contributed by atoms with Crippen LogP contribution in [-0.4, -0.2) is 24.8 Å². The highest BCUT2D eigenvalue weighted by Gasteiger charge is 2.33. The van der Waals surface area contributed by atoms with Gasteiger partial charge >= 0.3 is 0 Å². The maximum atomic E-state index is 12.4. The molecule has 0 saturated heterocycles. The largest absolute Gasteiger partial charge is 0.362 e. The molecule has 104 valence electrons. The molecule has 1 unspecified atom stereocenters. The molecule has 2 aliphatic heterocycles. The second-order valence-electron chi connectivity index (χ2n) is 5.40. The van der Waals surface area contributed by atoms with Crippen molar-refractivity contribution in [1.29, 1.82) is 0 Å². The Hall–Kier alpha value is -2.10. The number of fused-ring (bicyclic) bond motifs is 1. The van der Waals surface area contributed by atoms with Gasteiger partial charge in [-0.25, -0.2) is 4.99 Å². The molecule has 2 aliphatic rings. The van der Waals surface area contributed by atoms with Crippen molar-refractivity contribution in [2.24, 2.45) is 4.99 Å². The fourth-order valence-corrected chi connectivity index (χ4v) is 2.98. The molecule has 2 heterocycles. The van der Waals surface area contributed by atoms with Crippen LogP contribution in [0.2, 0.25) is 0 Å². The third-order valence-electron chi connectivity index (χ3n) is 4.01. The molecule has 0 aromatic heterocycles. The topological polar surface area (TPSA) is 44.7 Å². The summed E-state index contributed by atoms with van der Waals surface area (Å²) in [5.41, 5.74) is 3.66. The zero-order chi connectivity index (χ0) is 14.1. The summed E-state index contributed by atoms with van der Waals surface area (Å²) in [4.78, 5) is 18.7. The van der Waals surface area contributed by atoms with Crippen LogP contribution in [0, 0.1) is 6.92 Å². The predicted octanol–water partition coefficient (Wildman–Crippen LogP) is 2.18. The van der Waals surface area contributed by atoms with Gasteiger partial charge in [0.1, 0.15) is 11.9 Å². The van der Waals surface area contributed by atoms with Crippen molar-refractivity contribution in [3.8, 4) is 0 Å². The van der Waals surface area contributed by atoms with Crippen molar-refractivity contribution in [3.05, 3.63) is 41.6 Å². The third kappa shape index (κ3) is 2.22. The number of hydrogen-bond acceptors (Lipinski definition) is 3. The van der Waals surface area contributed by atoms with E-state index in [0.29, 0.717) is 0 Å². The molecular formula is C16H19N3O. The van der Waals surface area contributed by atoms with Crippen molar-refractivity contribution in [2.75, 3.05) is 11.9 Å². The molecule has 0 aliphatic carbocycles. The summed E-state index contributed by atoms with van der Waals surface area (Å²) in [7, 11) is 1.99. The van der Waals surface area contributed by atoms with Gasteiger partial charge in [0.25, 0.3) is 0 Å². The number of carbonyl (C=O) groups excluding carboxylic acids is 1. The fourth-order valence-electron chi connectivity index (χ4n) is 2.98. The Kier molecular flexibility index (Phi) is 3.30. The maximum absolute atomic E-state index is 12.4. The molecule has 0 spiro atoms. The van der Waals surface area contributed by atoms with Gasteiger partial charge in [-0.2, -0.15) is 0 Å². The van der Waals surface area contributed by atoms with Crippen molar-refractivity contribution < 1.29 is 4.79 Å².